The van der Waals surface area contributed by atoms with Crippen LogP contribution in [0.25, 0.3) is 0 Å². The Kier molecular flexibility index (Phi) is 3.36. The van der Waals surface area contributed by atoms with Crippen molar-refractivity contribution in [3.8, 4) is 0 Å². The van der Waals surface area contributed by atoms with Crippen LogP contribution in [0.4, 0.5) is 0 Å². The van der Waals surface area contributed by atoms with Crippen molar-refractivity contribution in [1.29, 1.82) is 0 Å². The third-order valence-electron chi connectivity index (χ3n) is 4.22. The van der Waals surface area contributed by atoms with Gasteiger partial charge in [0.05, 0.1) is 5.60 Å². The Morgan fingerprint density at radius 3 is 2.29 bits per heavy atom. The van der Waals surface area contributed by atoms with Gasteiger partial charge in [-0.3, -0.25) is 0 Å². The predicted octanol–water partition coefficient (Wildman–Crippen LogP) is 2.79. The Balaban J connectivity index is 2.38. The number of rotatable bonds is 2. The first-order valence-corrected chi connectivity index (χ1v) is 7.15. The van der Waals surface area contributed by atoms with Crippen molar-refractivity contribution in [3.05, 3.63) is 21.9 Å². The number of hydrogen-bond donors (Lipinski definition) is 1. The van der Waals surface area contributed by atoms with E-state index in [9.17, 15) is 5.11 Å². The van der Waals surface area contributed by atoms with Crippen molar-refractivity contribution in [2.45, 2.75) is 44.6 Å². The fourth-order valence-electron chi connectivity index (χ4n) is 2.85. The van der Waals surface area contributed by atoms with Gasteiger partial charge in [-0.25, -0.2) is 0 Å². The summed E-state index contributed by atoms with van der Waals surface area (Å²) in [7, 11) is 2.16. The molecule has 0 aromatic carbocycles. The Labute approximate surface area is 108 Å². The monoisotopic (exact) mass is 253 g/mol. The van der Waals surface area contributed by atoms with E-state index in [1.165, 1.54) is 9.75 Å². The molecule has 2 rings (SSSR count). The predicted molar refractivity (Wildman–Crippen MR) is 73.8 cm³/mol. The van der Waals surface area contributed by atoms with Gasteiger partial charge in [0.1, 0.15) is 0 Å². The number of piperidine rings is 1. The first-order chi connectivity index (χ1) is 7.85. The van der Waals surface area contributed by atoms with Gasteiger partial charge in [-0.05, 0) is 65.9 Å². The van der Waals surface area contributed by atoms with Crippen molar-refractivity contribution in [2.75, 3.05) is 20.1 Å². The zero-order chi connectivity index (χ0) is 12.7. The summed E-state index contributed by atoms with van der Waals surface area (Å²) in [5.74, 6) is 0. The van der Waals surface area contributed by atoms with E-state index in [0.717, 1.165) is 25.9 Å². The SMILES string of the molecule is Cc1ccc(C2(C(C)(C)O)CCN(C)CC2)s1. The molecule has 0 atom stereocenters. The zero-order valence-corrected chi connectivity index (χ0v) is 12.1. The largest absolute Gasteiger partial charge is 0.390 e. The molecular formula is C14H23NOS. The molecular weight excluding hydrogens is 230 g/mol. The van der Waals surface area contributed by atoms with Gasteiger partial charge in [-0.15, -0.1) is 11.3 Å². The number of thiophene rings is 1. The highest BCUT2D eigenvalue weighted by Crippen LogP contribution is 2.46. The molecule has 1 aromatic heterocycles. The first kappa shape index (κ1) is 13.1. The molecule has 96 valence electrons. The molecule has 0 radical (unpaired) electrons. The molecule has 2 heterocycles. The van der Waals surface area contributed by atoms with Crippen LogP contribution < -0.4 is 0 Å². The zero-order valence-electron chi connectivity index (χ0n) is 11.3. The second-order valence-electron chi connectivity index (χ2n) is 5.85. The summed E-state index contributed by atoms with van der Waals surface area (Å²) in [6, 6.07) is 4.38. The van der Waals surface area contributed by atoms with Crippen LogP contribution in [0.2, 0.25) is 0 Å². The van der Waals surface area contributed by atoms with E-state index in [4.69, 9.17) is 0 Å². The summed E-state index contributed by atoms with van der Waals surface area (Å²) in [5, 5.41) is 10.6. The van der Waals surface area contributed by atoms with Crippen molar-refractivity contribution >= 4 is 11.3 Å². The van der Waals surface area contributed by atoms with Crippen LogP contribution in [-0.4, -0.2) is 35.7 Å². The minimum absolute atomic E-state index is 0.0571. The number of hydrogen-bond acceptors (Lipinski definition) is 3. The van der Waals surface area contributed by atoms with Gasteiger partial charge in [0.2, 0.25) is 0 Å². The lowest BCUT2D eigenvalue weighted by Gasteiger charge is -2.47. The normalized spacial score (nSPS) is 21.7. The van der Waals surface area contributed by atoms with Gasteiger partial charge in [0.25, 0.3) is 0 Å². The number of aryl methyl sites for hydroxylation is 1. The molecule has 0 spiro atoms. The lowest BCUT2D eigenvalue weighted by molar-refractivity contribution is -0.0344. The topological polar surface area (TPSA) is 23.5 Å². The highest BCUT2D eigenvalue weighted by atomic mass is 32.1. The lowest BCUT2D eigenvalue weighted by atomic mass is 9.66. The van der Waals surface area contributed by atoms with Gasteiger partial charge in [0.15, 0.2) is 0 Å². The third-order valence-corrected chi connectivity index (χ3v) is 5.43. The van der Waals surface area contributed by atoms with Crippen LogP contribution in [0.15, 0.2) is 12.1 Å². The lowest BCUT2D eigenvalue weighted by Crippen LogP contribution is -2.53. The second kappa shape index (κ2) is 4.38. The molecule has 1 fully saturated rings. The van der Waals surface area contributed by atoms with Crippen LogP contribution in [-0.2, 0) is 5.41 Å². The van der Waals surface area contributed by atoms with Crippen LogP contribution in [0.3, 0.4) is 0 Å². The van der Waals surface area contributed by atoms with Crippen LogP contribution >= 0.6 is 11.3 Å². The molecule has 1 saturated heterocycles. The van der Waals surface area contributed by atoms with Crippen LogP contribution in [0, 0.1) is 6.92 Å². The minimum Gasteiger partial charge on any atom is -0.390 e. The summed E-state index contributed by atoms with van der Waals surface area (Å²) in [5.41, 5.74) is -0.704. The average molecular weight is 253 g/mol. The number of nitrogens with zero attached hydrogens (tertiary/aromatic N) is 1. The van der Waals surface area contributed by atoms with Gasteiger partial charge in [0, 0.05) is 15.2 Å². The molecule has 3 heteroatoms. The van der Waals surface area contributed by atoms with Gasteiger partial charge in [-0.1, -0.05) is 0 Å². The van der Waals surface area contributed by atoms with Crippen LogP contribution in [0.1, 0.15) is 36.4 Å². The Morgan fingerprint density at radius 1 is 1.29 bits per heavy atom. The Morgan fingerprint density at radius 2 is 1.88 bits per heavy atom. The molecule has 2 nitrogen and oxygen atoms in total. The fourth-order valence-corrected chi connectivity index (χ4v) is 4.12. The Bertz CT molecular complexity index is 383. The van der Waals surface area contributed by atoms with E-state index < -0.39 is 5.60 Å². The number of aliphatic hydroxyl groups is 1. The van der Waals surface area contributed by atoms with Crippen molar-refractivity contribution < 1.29 is 5.11 Å². The van der Waals surface area contributed by atoms with E-state index in [-0.39, 0.29) is 5.41 Å². The quantitative estimate of drug-likeness (QED) is 0.876. The first-order valence-electron chi connectivity index (χ1n) is 6.33. The molecule has 1 aliphatic heterocycles. The summed E-state index contributed by atoms with van der Waals surface area (Å²) in [6.45, 7) is 8.21. The summed E-state index contributed by atoms with van der Waals surface area (Å²) < 4.78 is 0. The maximum absolute atomic E-state index is 10.6. The molecule has 0 bridgehead atoms. The van der Waals surface area contributed by atoms with Crippen molar-refractivity contribution in [1.82, 2.24) is 4.90 Å². The molecule has 1 N–H and O–H groups in total. The van der Waals surface area contributed by atoms with E-state index in [1.54, 1.807) is 0 Å². The molecule has 0 unspecified atom stereocenters. The maximum Gasteiger partial charge on any atom is 0.0696 e. The molecule has 1 aromatic rings. The number of likely N-dealkylation sites (tertiary alicyclic amines) is 1. The molecule has 0 saturated carbocycles. The summed E-state index contributed by atoms with van der Waals surface area (Å²) in [6.07, 6.45) is 2.10. The average Bonchev–Trinajstić information content (AvgIpc) is 2.65. The molecule has 17 heavy (non-hydrogen) atoms. The van der Waals surface area contributed by atoms with E-state index >= 15 is 0 Å². The standard InChI is InChI=1S/C14H23NOS/c1-11-5-6-12(17-11)14(13(2,3)16)7-9-15(4)10-8-14/h5-6,16H,7-10H2,1-4H3. The van der Waals surface area contributed by atoms with Gasteiger partial charge in [-0.2, -0.15) is 0 Å². The second-order valence-corrected chi connectivity index (χ2v) is 7.14. The molecule has 0 aliphatic carbocycles. The van der Waals surface area contributed by atoms with Gasteiger partial charge >= 0.3 is 0 Å². The third kappa shape index (κ3) is 2.28. The van der Waals surface area contributed by atoms with Crippen molar-refractivity contribution in [2.24, 2.45) is 0 Å². The molecule has 1 aliphatic rings. The summed E-state index contributed by atoms with van der Waals surface area (Å²) in [4.78, 5) is 5.04. The van der Waals surface area contributed by atoms with E-state index in [1.807, 2.05) is 25.2 Å². The van der Waals surface area contributed by atoms with Gasteiger partial charge < -0.3 is 10.0 Å². The smallest absolute Gasteiger partial charge is 0.0696 e. The fraction of sp³-hybridized carbons (Fsp3) is 0.714. The highest BCUT2D eigenvalue weighted by molar-refractivity contribution is 7.12. The summed E-state index contributed by atoms with van der Waals surface area (Å²) >= 11 is 1.84. The highest BCUT2D eigenvalue weighted by Gasteiger charge is 2.47. The Hall–Kier alpha value is -0.380. The van der Waals surface area contributed by atoms with E-state index in [0.29, 0.717) is 0 Å². The molecule has 0 amide bonds. The minimum atomic E-state index is -0.647. The van der Waals surface area contributed by atoms with Crippen molar-refractivity contribution in [3.63, 3.8) is 0 Å². The van der Waals surface area contributed by atoms with Crippen LogP contribution in [0.5, 0.6) is 0 Å². The van der Waals surface area contributed by atoms with E-state index in [2.05, 4.69) is 31.0 Å². The maximum atomic E-state index is 10.6.